The van der Waals surface area contributed by atoms with Gasteiger partial charge in [0.2, 0.25) is 5.95 Å². The van der Waals surface area contributed by atoms with Crippen molar-refractivity contribution in [1.82, 2.24) is 9.97 Å². The third kappa shape index (κ3) is 3.93. The summed E-state index contributed by atoms with van der Waals surface area (Å²) in [4.78, 5) is 35.6. The monoisotopic (exact) mass is 533 g/mol. The second kappa shape index (κ2) is 8.92. The molecule has 9 heteroatoms. The lowest BCUT2D eigenvalue weighted by Gasteiger charge is -2.23. The number of nitrogens with one attached hydrogen (secondary N) is 1. The number of carbonyl (C=O) groups is 2. The number of anilines is 1. The number of aromatic amines is 1. The van der Waals surface area contributed by atoms with Gasteiger partial charge in [0.1, 0.15) is 17.3 Å². The molecule has 8 nitrogen and oxygen atoms in total. The maximum atomic E-state index is 13.3. The van der Waals surface area contributed by atoms with Crippen LogP contribution in [0.1, 0.15) is 17.2 Å². The Morgan fingerprint density at radius 2 is 1.63 bits per heavy atom. The zero-order valence-corrected chi connectivity index (χ0v) is 20.4. The molecule has 35 heavy (non-hydrogen) atoms. The fraction of sp³-hybridized carbons (Fsp3) is 0.115. The van der Waals surface area contributed by atoms with Crippen LogP contribution >= 0.6 is 15.9 Å². The molecule has 0 bridgehead atoms. The molecular weight excluding hydrogens is 514 g/mol. The number of benzene rings is 3. The smallest absolute Gasteiger partial charge is 0.302 e. The molecule has 1 unspecified atom stereocenters. The van der Waals surface area contributed by atoms with Gasteiger partial charge in [-0.3, -0.25) is 14.5 Å². The molecule has 0 radical (unpaired) electrons. The Morgan fingerprint density at radius 3 is 2.29 bits per heavy atom. The highest BCUT2D eigenvalue weighted by molar-refractivity contribution is 9.10. The highest BCUT2D eigenvalue weighted by Gasteiger charge is 2.48. The first-order chi connectivity index (χ1) is 16.9. The number of hydrogen-bond donors (Lipinski definition) is 2. The number of ether oxygens (including phenoxy) is 2. The van der Waals surface area contributed by atoms with E-state index in [9.17, 15) is 14.7 Å². The van der Waals surface area contributed by atoms with Gasteiger partial charge in [0.05, 0.1) is 36.9 Å². The number of hydrogen-bond acceptors (Lipinski definition) is 6. The normalized spacial score (nSPS) is 17.2. The lowest BCUT2D eigenvalue weighted by Crippen LogP contribution is -2.30. The molecule has 2 N–H and O–H groups in total. The van der Waals surface area contributed by atoms with Gasteiger partial charge in [0.15, 0.2) is 0 Å². The Morgan fingerprint density at radius 1 is 0.971 bits per heavy atom. The molecule has 1 atom stereocenters. The Bertz CT molecular complexity index is 1480. The van der Waals surface area contributed by atoms with E-state index >= 15 is 0 Å². The van der Waals surface area contributed by atoms with Crippen LogP contribution in [0.4, 0.5) is 5.95 Å². The molecule has 1 fully saturated rings. The molecular formula is C26H20BrN3O5. The molecule has 0 saturated carbocycles. The van der Waals surface area contributed by atoms with Gasteiger partial charge in [-0.1, -0.05) is 40.2 Å². The van der Waals surface area contributed by atoms with Gasteiger partial charge in [-0.25, -0.2) is 4.98 Å². The van der Waals surface area contributed by atoms with Gasteiger partial charge in [0.25, 0.3) is 5.78 Å². The third-order valence-corrected chi connectivity index (χ3v) is 6.43. The van der Waals surface area contributed by atoms with Crippen molar-refractivity contribution in [3.63, 3.8) is 0 Å². The van der Waals surface area contributed by atoms with Gasteiger partial charge in [-0.15, -0.1) is 0 Å². The summed E-state index contributed by atoms with van der Waals surface area (Å²) in [6.07, 6.45) is 0. The Labute approximate surface area is 208 Å². The number of aliphatic hydroxyl groups excluding tert-OH is 1. The van der Waals surface area contributed by atoms with E-state index in [0.717, 1.165) is 4.47 Å². The van der Waals surface area contributed by atoms with Crippen LogP contribution in [0.25, 0.3) is 16.8 Å². The Balaban J connectivity index is 1.70. The van der Waals surface area contributed by atoms with Crippen LogP contribution in [0.15, 0.2) is 76.8 Å². The van der Waals surface area contributed by atoms with Crippen molar-refractivity contribution in [2.45, 2.75) is 6.04 Å². The second-order valence-corrected chi connectivity index (χ2v) is 8.81. The van der Waals surface area contributed by atoms with Gasteiger partial charge in [0, 0.05) is 16.1 Å². The van der Waals surface area contributed by atoms with E-state index in [1.165, 1.54) is 4.90 Å². The fourth-order valence-corrected chi connectivity index (χ4v) is 4.40. The highest BCUT2D eigenvalue weighted by Crippen LogP contribution is 2.42. The van der Waals surface area contributed by atoms with E-state index in [2.05, 4.69) is 25.9 Å². The highest BCUT2D eigenvalue weighted by atomic mass is 79.9. The molecule has 5 rings (SSSR count). The molecule has 0 aliphatic carbocycles. The van der Waals surface area contributed by atoms with E-state index in [4.69, 9.17) is 9.47 Å². The number of halogens is 1. The quantitative estimate of drug-likeness (QED) is 0.213. The minimum absolute atomic E-state index is 0.0273. The average Bonchev–Trinajstić information content (AvgIpc) is 3.41. The molecule has 176 valence electrons. The number of nitrogens with zero attached hydrogens (tertiary/aromatic N) is 2. The first kappa shape index (κ1) is 22.7. The predicted molar refractivity (Wildman–Crippen MR) is 135 cm³/mol. The molecule has 1 aromatic heterocycles. The standard InChI is InChI=1S/C26H20BrN3O5/c1-34-17-9-5-14(6-10-17)22-21(23(31)15-3-7-16(27)8-4-15)24(32)25(33)30(22)26-28-19-12-11-18(35-2)13-20(19)29-26/h3-13,22,31H,1-2H3,(H,28,29)/b23-21+. The number of fused-ring (bicyclic) bond motifs is 1. The molecule has 4 aromatic rings. The minimum atomic E-state index is -0.910. The summed E-state index contributed by atoms with van der Waals surface area (Å²) in [5, 5.41) is 11.2. The number of carbonyl (C=O) groups excluding carboxylic acids is 2. The number of aromatic nitrogens is 2. The lowest BCUT2D eigenvalue weighted by atomic mass is 9.95. The van der Waals surface area contributed by atoms with E-state index in [0.29, 0.717) is 33.7 Å². The molecule has 1 saturated heterocycles. The van der Waals surface area contributed by atoms with Crippen molar-refractivity contribution < 1.29 is 24.2 Å². The molecule has 1 amide bonds. The molecule has 3 aromatic carbocycles. The number of methoxy groups -OCH3 is 2. The van der Waals surface area contributed by atoms with Crippen LogP contribution in [0.5, 0.6) is 11.5 Å². The summed E-state index contributed by atoms with van der Waals surface area (Å²) in [5.74, 6) is -0.436. The summed E-state index contributed by atoms with van der Waals surface area (Å²) >= 11 is 3.37. The number of Topliss-reactive ketones (excluding diaryl/α,β-unsaturated/α-hetero) is 1. The molecule has 2 heterocycles. The first-order valence-corrected chi connectivity index (χ1v) is 11.4. The van der Waals surface area contributed by atoms with Gasteiger partial charge >= 0.3 is 5.91 Å². The predicted octanol–water partition coefficient (Wildman–Crippen LogP) is 4.97. The fourth-order valence-electron chi connectivity index (χ4n) is 4.13. The lowest BCUT2D eigenvalue weighted by molar-refractivity contribution is -0.132. The summed E-state index contributed by atoms with van der Waals surface area (Å²) in [6.45, 7) is 0. The Kier molecular flexibility index (Phi) is 5.78. The Hall–Kier alpha value is -4.11. The summed E-state index contributed by atoms with van der Waals surface area (Å²) in [6, 6.07) is 18.2. The van der Waals surface area contributed by atoms with Gasteiger partial charge < -0.3 is 19.6 Å². The van der Waals surface area contributed by atoms with Crippen molar-refractivity contribution in [2.75, 3.05) is 19.1 Å². The third-order valence-electron chi connectivity index (χ3n) is 5.90. The maximum Gasteiger partial charge on any atom is 0.302 e. The molecule has 1 aliphatic heterocycles. The van der Waals surface area contributed by atoms with Crippen molar-refractivity contribution in [3.05, 3.63) is 87.9 Å². The molecule has 1 aliphatic rings. The van der Waals surface area contributed by atoms with Crippen LogP contribution < -0.4 is 14.4 Å². The summed E-state index contributed by atoms with van der Waals surface area (Å²) < 4.78 is 11.4. The van der Waals surface area contributed by atoms with Crippen LogP contribution in [-0.4, -0.2) is 41.0 Å². The van der Waals surface area contributed by atoms with Crippen molar-refractivity contribution in [3.8, 4) is 11.5 Å². The SMILES string of the molecule is COc1ccc(C2/C(=C(\O)c3ccc(Br)cc3)C(=O)C(=O)N2c2nc3ccc(OC)cc3[nH]2)cc1. The number of rotatable bonds is 5. The van der Waals surface area contributed by atoms with Crippen LogP contribution in [0.3, 0.4) is 0 Å². The van der Waals surface area contributed by atoms with E-state index in [1.807, 2.05) is 0 Å². The first-order valence-electron chi connectivity index (χ1n) is 10.7. The summed E-state index contributed by atoms with van der Waals surface area (Å²) in [5.41, 5.74) is 2.24. The van der Waals surface area contributed by atoms with Crippen LogP contribution in [-0.2, 0) is 9.59 Å². The van der Waals surface area contributed by atoms with Crippen LogP contribution in [0.2, 0.25) is 0 Å². The molecule has 0 spiro atoms. The number of imidazole rings is 1. The second-order valence-electron chi connectivity index (χ2n) is 7.89. The van der Waals surface area contributed by atoms with Crippen molar-refractivity contribution in [1.29, 1.82) is 0 Å². The number of H-pyrrole nitrogens is 1. The maximum absolute atomic E-state index is 13.3. The van der Waals surface area contributed by atoms with Crippen molar-refractivity contribution in [2.24, 2.45) is 0 Å². The zero-order valence-electron chi connectivity index (χ0n) is 18.8. The van der Waals surface area contributed by atoms with E-state index in [1.54, 1.807) is 80.9 Å². The van der Waals surface area contributed by atoms with Crippen LogP contribution in [0, 0.1) is 0 Å². The largest absolute Gasteiger partial charge is 0.507 e. The van der Waals surface area contributed by atoms with E-state index < -0.39 is 17.7 Å². The number of amides is 1. The minimum Gasteiger partial charge on any atom is -0.507 e. The topological polar surface area (TPSA) is 105 Å². The van der Waals surface area contributed by atoms with Gasteiger partial charge in [-0.2, -0.15) is 0 Å². The summed E-state index contributed by atoms with van der Waals surface area (Å²) in [7, 11) is 3.11. The van der Waals surface area contributed by atoms with E-state index in [-0.39, 0.29) is 17.3 Å². The average molecular weight is 534 g/mol. The zero-order chi connectivity index (χ0) is 24.7. The number of ketones is 1. The van der Waals surface area contributed by atoms with Crippen molar-refractivity contribution >= 4 is 50.4 Å². The van der Waals surface area contributed by atoms with Gasteiger partial charge in [-0.05, 0) is 42.0 Å². The number of aliphatic hydroxyl groups is 1.